The van der Waals surface area contributed by atoms with E-state index in [1.54, 1.807) is 0 Å². The van der Waals surface area contributed by atoms with Gasteiger partial charge in [0.1, 0.15) is 0 Å². The van der Waals surface area contributed by atoms with Crippen molar-refractivity contribution in [3.63, 3.8) is 0 Å². The third kappa shape index (κ3) is 8.07. The quantitative estimate of drug-likeness (QED) is 0.588. The van der Waals surface area contributed by atoms with E-state index in [9.17, 15) is 0 Å². The second kappa shape index (κ2) is 10.6. The minimum Gasteiger partial charge on any atom is -0.381 e. The highest BCUT2D eigenvalue weighted by Gasteiger charge is 2.57. The van der Waals surface area contributed by atoms with E-state index in [-0.39, 0.29) is 0 Å². The highest BCUT2D eigenvalue weighted by atomic mass is 16.5. The van der Waals surface area contributed by atoms with Gasteiger partial charge in [-0.05, 0) is 81.2 Å². The maximum atomic E-state index is 5.29. The van der Waals surface area contributed by atoms with Gasteiger partial charge in [-0.1, -0.05) is 41.5 Å². The lowest BCUT2D eigenvalue weighted by Crippen LogP contribution is -2.47. The molecule has 0 aromatic heterocycles. The summed E-state index contributed by atoms with van der Waals surface area (Å²) in [5.41, 5.74) is 1.38. The third-order valence-electron chi connectivity index (χ3n) is 7.50. The van der Waals surface area contributed by atoms with Crippen molar-refractivity contribution in [1.82, 2.24) is 10.2 Å². The monoisotopic (exact) mass is 424 g/mol. The number of rotatable bonds is 0. The van der Waals surface area contributed by atoms with E-state index in [0.717, 1.165) is 63.2 Å². The van der Waals surface area contributed by atoms with E-state index >= 15 is 0 Å². The van der Waals surface area contributed by atoms with Gasteiger partial charge in [-0.25, -0.2) is 0 Å². The molecular formula is C26H52N2O2. The van der Waals surface area contributed by atoms with E-state index in [4.69, 9.17) is 9.47 Å². The van der Waals surface area contributed by atoms with Gasteiger partial charge in [-0.15, -0.1) is 0 Å². The van der Waals surface area contributed by atoms with Gasteiger partial charge in [0.05, 0.1) is 13.2 Å². The Morgan fingerprint density at radius 2 is 1.13 bits per heavy atom. The van der Waals surface area contributed by atoms with Crippen LogP contribution in [0.5, 0.6) is 0 Å². The lowest BCUT2D eigenvalue weighted by atomic mass is 9.76. The number of hydrogen-bond donors (Lipinski definition) is 1. The molecule has 3 aliphatic heterocycles. The minimum atomic E-state index is 0.323. The fourth-order valence-corrected chi connectivity index (χ4v) is 5.50. The molecule has 3 saturated heterocycles. The number of ether oxygens (including phenoxy) is 2. The highest BCUT2D eigenvalue weighted by Crippen LogP contribution is 2.57. The predicted octanol–water partition coefficient (Wildman–Crippen LogP) is 5.07. The van der Waals surface area contributed by atoms with Crippen molar-refractivity contribution in [2.75, 3.05) is 52.6 Å². The summed E-state index contributed by atoms with van der Waals surface area (Å²) in [5, 5.41) is 3.42. The molecule has 0 amide bonds. The van der Waals surface area contributed by atoms with E-state index in [2.05, 4.69) is 72.5 Å². The van der Waals surface area contributed by atoms with Gasteiger partial charge in [0.25, 0.3) is 0 Å². The molecule has 0 aromatic rings. The van der Waals surface area contributed by atoms with Crippen molar-refractivity contribution in [3.8, 4) is 0 Å². The van der Waals surface area contributed by atoms with Gasteiger partial charge in [0.2, 0.25) is 0 Å². The van der Waals surface area contributed by atoms with Crippen molar-refractivity contribution in [2.45, 2.75) is 80.7 Å². The summed E-state index contributed by atoms with van der Waals surface area (Å²) in [5.74, 6) is 3.95. The maximum absolute atomic E-state index is 5.29. The Bertz CT molecular complexity index is 434. The first-order valence-corrected chi connectivity index (χ1v) is 12.4. The molecule has 2 atom stereocenters. The zero-order chi connectivity index (χ0) is 22.6. The van der Waals surface area contributed by atoms with E-state index in [1.165, 1.54) is 25.9 Å². The maximum Gasteiger partial charge on any atom is 0.0594 e. The Morgan fingerprint density at radius 1 is 0.667 bits per heavy atom. The van der Waals surface area contributed by atoms with Crippen LogP contribution >= 0.6 is 0 Å². The normalized spacial score (nSPS) is 30.5. The molecule has 178 valence electrons. The number of piperidine rings is 1. The summed E-state index contributed by atoms with van der Waals surface area (Å²) in [6, 6.07) is 0. The van der Waals surface area contributed by atoms with Crippen LogP contribution in [0.3, 0.4) is 0 Å². The Labute approximate surface area is 187 Å². The number of nitrogens with one attached hydrogen (secondary N) is 1. The molecule has 4 nitrogen and oxygen atoms in total. The molecule has 4 aliphatic rings. The first-order valence-electron chi connectivity index (χ1n) is 12.4. The van der Waals surface area contributed by atoms with Gasteiger partial charge in [-0.3, -0.25) is 4.90 Å². The molecule has 1 saturated carbocycles. The van der Waals surface area contributed by atoms with Crippen molar-refractivity contribution in [1.29, 1.82) is 0 Å². The summed E-state index contributed by atoms with van der Waals surface area (Å²) in [6.45, 7) is 29.3. The van der Waals surface area contributed by atoms with E-state index in [0.29, 0.717) is 16.4 Å². The molecule has 30 heavy (non-hydrogen) atoms. The Balaban J connectivity index is 0.000000160. The summed E-state index contributed by atoms with van der Waals surface area (Å²) < 4.78 is 10.5. The Hall–Kier alpha value is -0.160. The van der Waals surface area contributed by atoms with Crippen molar-refractivity contribution in [2.24, 2.45) is 34.5 Å². The van der Waals surface area contributed by atoms with Gasteiger partial charge in [-0.2, -0.15) is 0 Å². The van der Waals surface area contributed by atoms with Crippen LogP contribution in [0, 0.1) is 34.5 Å². The molecule has 0 bridgehead atoms. The zero-order valence-corrected chi connectivity index (χ0v) is 21.6. The van der Waals surface area contributed by atoms with Gasteiger partial charge < -0.3 is 14.8 Å². The summed E-state index contributed by atoms with van der Waals surface area (Å²) in [7, 11) is 0. The summed E-state index contributed by atoms with van der Waals surface area (Å²) >= 11 is 0. The molecule has 0 aromatic carbocycles. The molecule has 1 aliphatic carbocycles. The van der Waals surface area contributed by atoms with Crippen LogP contribution in [-0.2, 0) is 9.47 Å². The summed E-state index contributed by atoms with van der Waals surface area (Å²) in [4.78, 5) is 2.45. The van der Waals surface area contributed by atoms with Gasteiger partial charge in [0, 0.05) is 31.8 Å². The summed E-state index contributed by atoms with van der Waals surface area (Å²) in [6.07, 6.45) is 2.51. The van der Waals surface area contributed by atoms with E-state index in [1.807, 2.05) is 0 Å². The molecule has 2 unspecified atom stereocenters. The molecule has 1 N–H and O–H groups in total. The number of morpholine rings is 1. The minimum absolute atomic E-state index is 0.323. The molecule has 4 fully saturated rings. The van der Waals surface area contributed by atoms with Crippen LogP contribution in [0.1, 0.15) is 75.2 Å². The van der Waals surface area contributed by atoms with Crippen molar-refractivity contribution in [3.05, 3.63) is 0 Å². The SMILES string of the molecule is CC(C)(C)C1C2CNCC21.CC(C)(C)C1CCOCC1.CC(C)(C)N1CCOCC1. The largest absolute Gasteiger partial charge is 0.381 e. The van der Waals surface area contributed by atoms with Crippen molar-refractivity contribution < 1.29 is 9.47 Å². The number of hydrogen-bond acceptors (Lipinski definition) is 4. The second-order valence-corrected chi connectivity index (χ2v) is 12.9. The average molecular weight is 425 g/mol. The first-order chi connectivity index (χ1) is 13.8. The third-order valence-corrected chi connectivity index (χ3v) is 7.50. The highest BCUT2D eigenvalue weighted by molar-refractivity contribution is 5.08. The predicted molar refractivity (Wildman–Crippen MR) is 128 cm³/mol. The van der Waals surface area contributed by atoms with Crippen LogP contribution in [0.25, 0.3) is 0 Å². The van der Waals surface area contributed by atoms with Crippen LogP contribution in [-0.4, -0.2) is 63.0 Å². The smallest absolute Gasteiger partial charge is 0.0594 e. The first kappa shape index (κ1) is 26.1. The Morgan fingerprint density at radius 3 is 1.43 bits per heavy atom. The molecular weight excluding hydrogens is 372 g/mol. The fourth-order valence-electron chi connectivity index (χ4n) is 5.50. The Kier molecular flexibility index (Phi) is 9.25. The molecule has 0 spiro atoms. The van der Waals surface area contributed by atoms with Gasteiger partial charge >= 0.3 is 0 Å². The standard InChI is InChI=1S/C9H17N.C9H18O.C8H17NO/c1-9(2,3)8-6-4-10-5-7(6)8;1-9(2,3)8-4-6-10-7-5-8;1-8(2,3)9-4-6-10-7-5-9/h6-8,10H,4-5H2,1-3H3;8H,4-7H2,1-3H3;4-7H2,1-3H3. The lowest BCUT2D eigenvalue weighted by molar-refractivity contribution is -0.00389. The van der Waals surface area contributed by atoms with Crippen LogP contribution in [0.2, 0.25) is 0 Å². The molecule has 4 heteroatoms. The van der Waals surface area contributed by atoms with E-state index < -0.39 is 0 Å². The molecule has 3 heterocycles. The average Bonchev–Trinajstić information content (AvgIpc) is 3.19. The van der Waals surface area contributed by atoms with Gasteiger partial charge in [0.15, 0.2) is 0 Å². The topological polar surface area (TPSA) is 33.7 Å². The number of fused-ring (bicyclic) bond motifs is 1. The second-order valence-electron chi connectivity index (χ2n) is 12.9. The lowest BCUT2D eigenvalue weighted by Gasteiger charge is -2.38. The van der Waals surface area contributed by atoms with Crippen LogP contribution < -0.4 is 5.32 Å². The fraction of sp³-hybridized carbons (Fsp3) is 1.00. The number of nitrogens with zero attached hydrogens (tertiary/aromatic N) is 1. The zero-order valence-electron chi connectivity index (χ0n) is 21.6. The van der Waals surface area contributed by atoms with Crippen LogP contribution in [0.15, 0.2) is 0 Å². The molecule has 4 rings (SSSR count). The van der Waals surface area contributed by atoms with Crippen LogP contribution in [0.4, 0.5) is 0 Å². The molecule has 0 radical (unpaired) electrons. The van der Waals surface area contributed by atoms with Crippen molar-refractivity contribution >= 4 is 0 Å².